The third-order valence-electron chi connectivity index (χ3n) is 4.18. The average Bonchev–Trinajstić information content (AvgIpc) is 2.94. The summed E-state index contributed by atoms with van der Waals surface area (Å²) >= 11 is 0. The van der Waals surface area contributed by atoms with Crippen LogP contribution in [-0.4, -0.2) is 7.05 Å². The van der Waals surface area contributed by atoms with Gasteiger partial charge >= 0.3 is 0 Å². The number of benzene rings is 2. The predicted octanol–water partition coefficient (Wildman–Crippen LogP) is 4.39. The van der Waals surface area contributed by atoms with Gasteiger partial charge in [-0.25, -0.2) is 4.39 Å². The van der Waals surface area contributed by atoms with E-state index in [1.807, 2.05) is 26.1 Å². The van der Waals surface area contributed by atoms with Crippen molar-refractivity contribution in [3.8, 4) is 11.5 Å². The predicted molar refractivity (Wildman–Crippen MR) is 82.4 cm³/mol. The Morgan fingerprint density at radius 3 is 2.76 bits per heavy atom. The van der Waals surface area contributed by atoms with E-state index in [4.69, 9.17) is 4.74 Å². The van der Waals surface area contributed by atoms with E-state index < -0.39 is 0 Å². The monoisotopic (exact) mass is 285 g/mol. The lowest BCUT2D eigenvalue weighted by Gasteiger charge is -2.17. The highest BCUT2D eigenvalue weighted by atomic mass is 19.1. The molecular formula is C18H20FNO. The van der Waals surface area contributed by atoms with Crippen LogP contribution < -0.4 is 10.1 Å². The Kier molecular flexibility index (Phi) is 3.93. The molecule has 0 amide bonds. The summed E-state index contributed by atoms with van der Waals surface area (Å²) in [5, 5.41) is 3.07. The van der Waals surface area contributed by atoms with Crippen molar-refractivity contribution in [3.05, 3.63) is 58.9 Å². The first-order valence-corrected chi connectivity index (χ1v) is 7.44. The Bertz CT molecular complexity index is 654. The molecule has 1 N–H and O–H groups in total. The van der Waals surface area contributed by atoms with Crippen LogP contribution in [0.5, 0.6) is 11.5 Å². The average molecular weight is 285 g/mol. The third kappa shape index (κ3) is 2.79. The van der Waals surface area contributed by atoms with Crippen molar-refractivity contribution >= 4 is 0 Å². The van der Waals surface area contributed by atoms with Crippen LogP contribution in [0, 0.1) is 5.82 Å². The maximum Gasteiger partial charge on any atom is 0.135 e. The number of hydrogen-bond donors (Lipinski definition) is 1. The van der Waals surface area contributed by atoms with Crippen LogP contribution >= 0.6 is 0 Å². The number of rotatable bonds is 4. The van der Waals surface area contributed by atoms with Gasteiger partial charge in [-0.1, -0.05) is 12.1 Å². The quantitative estimate of drug-likeness (QED) is 0.899. The highest BCUT2D eigenvalue weighted by molar-refractivity contribution is 5.43. The number of aryl methyl sites for hydroxylation is 2. The SMILES string of the molecule is CNC(C)c1c(F)cccc1Oc1ccc2c(c1)CCC2. The fourth-order valence-electron chi connectivity index (χ4n) is 2.91. The molecule has 0 saturated carbocycles. The summed E-state index contributed by atoms with van der Waals surface area (Å²) in [6, 6.07) is 11.1. The van der Waals surface area contributed by atoms with Crippen LogP contribution in [0.3, 0.4) is 0 Å². The summed E-state index contributed by atoms with van der Waals surface area (Å²) in [5.41, 5.74) is 3.33. The molecule has 0 aromatic heterocycles. The van der Waals surface area contributed by atoms with Crippen LogP contribution in [-0.2, 0) is 12.8 Å². The standard InChI is InChI=1S/C18H20FNO/c1-12(20-2)18-16(19)7-4-8-17(18)21-15-10-9-13-5-3-6-14(13)11-15/h4,7-12,20H,3,5-6H2,1-2H3. The molecule has 21 heavy (non-hydrogen) atoms. The van der Waals surface area contributed by atoms with Gasteiger partial charge in [-0.2, -0.15) is 0 Å². The normalized spacial score (nSPS) is 14.8. The number of hydrogen-bond acceptors (Lipinski definition) is 2. The van der Waals surface area contributed by atoms with E-state index in [0.29, 0.717) is 11.3 Å². The smallest absolute Gasteiger partial charge is 0.135 e. The van der Waals surface area contributed by atoms with Crippen molar-refractivity contribution in [2.24, 2.45) is 0 Å². The Hall–Kier alpha value is -1.87. The van der Waals surface area contributed by atoms with Crippen LogP contribution in [0.15, 0.2) is 36.4 Å². The molecule has 0 aliphatic heterocycles. The molecule has 1 aliphatic rings. The van der Waals surface area contributed by atoms with E-state index in [1.54, 1.807) is 6.07 Å². The van der Waals surface area contributed by atoms with Crippen molar-refractivity contribution < 1.29 is 9.13 Å². The summed E-state index contributed by atoms with van der Waals surface area (Å²) < 4.78 is 20.0. The molecule has 0 spiro atoms. The molecule has 3 rings (SSSR count). The molecule has 1 unspecified atom stereocenters. The summed E-state index contributed by atoms with van der Waals surface area (Å²) in [6.07, 6.45) is 3.47. The zero-order valence-corrected chi connectivity index (χ0v) is 12.4. The number of nitrogens with one attached hydrogen (secondary N) is 1. The van der Waals surface area contributed by atoms with Gasteiger partial charge in [-0.3, -0.25) is 0 Å². The lowest BCUT2D eigenvalue weighted by molar-refractivity contribution is 0.452. The van der Waals surface area contributed by atoms with E-state index >= 15 is 0 Å². The Labute approximate surface area is 125 Å². The second-order valence-electron chi connectivity index (χ2n) is 5.55. The summed E-state index contributed by atoms with van der Waals surface area (Å²) in [7, 11) is 1.82. The second kappa shape index (κ2) is 5.86. The fourth-order valence-corrected chi connectivity index (χ4v) is 2.91. The molecule has 0 radical (unpaired) electrons. The number of fused-ring (bicyclic) bond motifs is 1. The van der Waals surface area contributed by atoms with Gasteiger partial charge in [0, 0.05) is 11.6 Å². The Balaban J connectivity index is 1.93. The zero-order chi connectivity index (χ0) is 14.8. The largest absolute Gasteiger partial charge is 0.457 e. The first kappa shape index (κ1) is 14.1. The lowest BCUT2D eigenvalue weighted by Crippen LogP contribution is -2.14. The topological polar surface area (TPSA) is 21.3 Å². The minimum Gasteiger partial charge on any atom is -0.457 e. The first-order valence-electron chi connectivity index (χ1n) is 7.44. The second-order valence-corrected chi connectivity index (χ2v) is 5.55. The highest BCUT2D eigenvalue weighted by Crippen LogP contribution is 2.33. The first-order chi connectivity index (χ1) is 10.2. The maximum atomic E-state index is 14.1. The molecule has 2 aromatic carbocycles. The molecule has 0 heterocycles. The van der Waals surface area contributed by atoms with Crippen molar-refractivity contribution in [2.45, 2.75) is 32.2 Å². The number of halogens is 1. The Morgan fingerprint density at radius 1 is 1.14 bits per heavy atom. The van der Waals surface area contributed by atoms with Gasteiger partial charge in [-0.15, -0.1) is 0 Å². The molecule has 2 nitrogen and oxygen atoms in total. The molecule has 1 aliphatic carbocycles. The third-order valence-corrected chi connectivity index (χ3v) is 4.18. The van der Waals surface area contributed by atoms with Gasteiger partial charge in [0.1, 0.15) is 17.3 Å². The van der Waals surface area contributed by atoms with Gasteiger partial charge in [0.05, 0.1) is 0 Å². The molecule has 1 atom stereocenters. The lowest BCUT2D eigenvalue weighted by atomic mass is 10.1. The molecule has 110 valence electrons. The Morgan fingerprint density at radius 2 is 1.95 bits per heavy atom. The van der Waals surface area contributed by atoms with Crippen LogP contribution in [0.25, 0.3) is 0 Å². The highest BCUT2D eigenvalue weighted by Gasteiger charge is 2.17. The van der Waals surface area contributed by atoms with E-state index in [2.05, 4.69) is 17.4 Å². The molecule has 0 saturated heterocycles. The fraction of sp³-hybridized carbons (Fsp3) is 0.333. The van der Waals surface area contributed by atoms with E-state index in [9.17, 15) is 4.39 Å². The van der Waals surface area contributed by atoms with Gasteiger partial charge < -0.3 is 10.1 Å². The van der Waals surface area contributed by atoms with Gasteiger partial charge in [0.2, 0.25) is 0 Å². The minimum absolute atomic E-state index is 0.101. The van der Waals surface area contributed by atoms with Gasteiger partial charge in [-0.05, 0) is 68.6 Å². The molecule has 2 aromatic rings. The van der Waals surface area contributed by atoms with Crippen LogP contribution in [0.1, 0.15) is 36.1 Å². The van der Waals surface area contributed by atoms with Crippen LogP contribution in [0.4, 0.5) is 4.39 Å². The van der Waals surface area contributed by atoms with Crippen molar-refractivity contribution in [1.29, 1.82) is 0 Å². The maximum absolute atomic E-state index is 14.1. The molecule has 0 fully saturated rings. The summed E-state index contributed by atoms with van der Waals surface area (Å²) in [6.45, 7) is 1.92. The van der Waals surface area contributed by atoms with Gasteiger partial charge in [0.15, 0.2) is 0 Å². The number of ether oxygens (including phenoxy) is 1. The van der Waals surface area contributed by atoms with Gasteiger partial charge in [0.25, 0.3) is 0 Å². The van der Waals surface area contributed by atoms with Crippen molar-refractivity contribution in [1.82, 2.24) is 5.32 Å². The summed E-state index contributed by atoms with van der Waals surface area (Å²) in [5.74, 6) is 1.12. The molecule has 3 heteroatoms. The molecule has 0 bridgehead atoms. The minimum atomic E-state index is -0.240. The van der Waals surface area contributed by atoms with E-state index in [-0.39, 0.29) is 11.9 Å². The summed E-state index contributed by atoms with van der Waals surface area (Å²) in [4.78, 5) is 0. The van der Waals surface area contributed by atoms with Crippen molar-refractivity contribution in [3.63, 3.8) is 0 Å². The van der Waals surface area contributed by atoms with Crippen molar-refractivity contribution in [2.75, 3.05) is 7.05 Å². The van der Waals surface area contributed by atoms with E-state index in [0.717, 1.165) is 18.6 Å². The zero-order valence-electron chi connectivity index (χ0n) is 12.4. The van der Waals surface area contributed by atoms with E-state index in [1.165, 1.54) is 23.6 Å². The molecular weight excluding hydrogens is 265 g/mol. The van der Waals surface area contributed by atoms with Crippen LogP contribution in [0.2, 0.25) is 0 Å².